The molecule has 0 radical (unpaired) electrons. The number of ether oxygens (including phenoxy) is 1. The third-order valence-electron chi connectivity index (χ3n) is 7.36. The van der Waals surface area contributed by atoms with Gasteiger partial charge < -0.3 is 14.5 Å². The van der Waals surface area contributed by atoms with E-state index < -0.39 is 5.97 Å². The molecular weight excluding hydrogens is 516 g/mol. The summed E-state index contributed by atoms with van der Waals surface area (Å²) in [5.41, 5.74) is 2.05. The SMILES string of the molecule is CCCc1nc(-c2ccccc2)nc(C(=O)N2CCN(C(=O)c3ccc4ccccc4c3)C(C)C2)c1C(=O)OCC. The van der Waals surface area contributed by atoms with Crippen molar-refractivity contribution in [2.24, 2.45) is 0 Å². The van der Waals surface area contributed by atoms with Crippen LogP contribution in [0.3, 0.4) is 0 Å². The van der Waals surface area contributed by atoms with Crippen molar-refractivity contribution in [2.75, 3.05) is 26.2 Å². The molecule has 2 heterocycles. The third-order valence-corrected chi connectivity index (χ3v) is 7.36. The Hall–Kier alpha value is -4.59. The van der Waals surface area contributed by atoms with Gasteiger partial charge in [0, 0.05) is 36.8 Å². The monoisotopic (exact) mass is 550 g/mol. The molecule has 1 unspecified atom stereocenters. The van der Waals surface area contributed by atoms with Gasteiger partial charge in [0.2, 0.25) is 0 Å². The lowest BCUT2D eigenvalue weighted by Gasteiger charge is -2.40. The first-order chi connectivity index (χ1) is 19.9. The number of carbonyl (C=O) groups excluding carboxylic acids is 3. The van der Waals surface area contributed by atoms with E-state index in [0.717, 1.165) is 22.8 Å². The van der Waals surface area contributed by atoms with Crippen molar-refractivity contribution in [2.45, 2.75) is 39.7 Å². The maximum Gasteiger partial charge on any atom is 0.342 e. The second-order valence-electron chi connectivity index (χ2n) is 10.2. The molecule has 210 valence electrons. The summed E-state index contributed by atoms with van der Waals surface area (Å²) in [5, 5.41) is 2.08. The molecule has 5 rings (SSSR count). The van der Waals surface area contributed by atoms with Gasteiger partial charge >= 0.3 is 5.97 Å². The summed E-state index contributed by atoms with van der Waals surface area (Å²) < 4.78 is 5.35. The molecular formula is C33H34N4O4. The van der Waals surface area contributed by atoms with Crippen molar-refractivity contribution < 1.29 is 19.1 Å². The number of nitrogens with zero attached hydrogens (tertiary/aromatic N) is 4. The zero-order chi connectivity index (χ0) is 28.9. The average molecular weight is 551 g/mol. The second-order valence-corrected chi connectivity index (χ2v) is 10.2. The van der Waals surface area contributed by atoms with Gasteiger partial charge in [-0.2, -0.15) is 0 Å². The van der Waals surface area contributed by atoms with E-state index in [1.54, 1.807) is 16.7 Å². The van der Waals surface area contributed by atoms with Crippen LogP contribution in [0.2, 0.25) is 0 Å². The van der Waals surface area contributed by atoms with Crippen LogP contribution in [0.25, 0.3) is 22.2 Å². The molecule has 0 spiro atoms. The number of aryl methyl sites for hydroxylation is 1. The van der Waals surface area contributed by atoms with E-state index in [-0.39, 0.29) is 35.7 Å². The summed E-state index contributed by atoms with van der Waals surface area (Å²) in [4.78, 5) is 53.4. The Morgan fingerprint density at radius 1 is 0.878 bits per heavy atom. The molecule has 41 heavy (non-hydrogen) atoms. The highest BCUT2D eigenvalue weighted by Crippen LogP contribution is 2.25. The number of hydrogen-bond donors (Lipinski definition) is 0. The highest BCUT2D eigenvalue weighted by molar-refractivity contribution is 6.05. The van der Waals surface area contributed by atoms with Gasteiger partial charge in [0.25, 0.3) is 11.8 Å². The predicted molar refractivity (Wildman–Crippen MR) is 158 cm³/mol. The van der Waals surface area contributed by atoms with Crippen molar-refractivity contribution >= 4 is 28.6 Å². The molecule has 8 heteroatoms. The van der Waals surface area contributed by atoms with Gasteiger partial charge in [-0.05, 0) is 43.2 Å². The topological polar surface area (TPSA) is 92.7 Å². The van der Waals surface area contributed by atoms with Crippen LogP contribution in [0.1, 0.15) is 64.1 Å². The van der Waals surface area contributed by atoms with E-state index in [0.29, 0.717) is 43.1 Å². The Morgan fingerprint density at radius 3 is 2.32 bits per heavy atom. The van der Waals surface area contributed by atoms with Crippen LogP contribution in [0.5, 0.6) is 0 Å². The van der Waals surface area contributed by atoms with Gasteiger partial charge in [-0.3, -0.25) is 9.59 Å². The van der Waals surface area contributed by atoms with E-state index in [1.165, 1.54) is 0 Å². The minimum absolute atomic E-state index is 0.0438. The number of carbonyl (C=O) groups is 3. The van der Waals surface area contributed by atoms with Gasteiger partial charge in [-0.1, -0.05) is 74.0 Å². The third kappa shape index (κ3) is 5.82. The lowest BCUT2D eigenvalue weighted by Crippen LogP contribution is -2.55. The first kappa shape index (κ1) is 28.0. The molecule has 1 atom stereocenters. The van der Waals surface area contributed by atoms with E-state index in [4.69, 9.17) is 9.72 Å². The van der Waals surface area contributed by atoms with Crippen LogP contribution >= 0.6 is 0 Å². The summed E-state index contributed by atoms with van der Waals surface area (Å²) in [6.45, 7) is 6.83. The van der Waals surface area contributed by atoms with Gasteiger partial charge in [0.15, 0.2) is 5.82 Å². The Labute approximate surface area is 240 Å². The fourth-order valence-electron chi connectivity index (χ4n) is 5.30. The maximum atomic E-state index is 14.0. The summed E-state index contributed by atoms with van der Waals surface area (Å²) in [5.74, 6) is -0.642. The van der Waals surface area contributed by atoms with Crippen molar-refractivity contribution in [3.8, 4) is 11.4 Å². The maximum absolute atomic E-state index is 14.0. The summed E-state index contributed by atoms with van der Waals surface area (Å²) in [7, 11) is 0. The number of fused-ring (bicyclic) bond motifs is 1. The lowest BCUT2D eigenvalue weighted by molar-refractivity contribution is 0.0406. The van der Waals surface area contributed by atoms with Crippen LogP contribution < -0.4 is 0 Å². The first-order valence-corrected chi connectivity index (χ1v) is 14.1. The normalized spacial score (nSPS) is 15.1. The number of rotatable bonds is 7. The molecule has 0 saturated carbocycles. The van der Waals surface area contributed by atoms with Crippen LogP contribution in [0.4, 0.5) is 0 Å². The van der Waals surface area contributed by atoms with Crippen molar-refractivity contribution in [3.63, 3.8) is 0 Å². The average Bonchev–Trinajstić information content (AvgIpc) is 3.00. The minimum Gasteiger partial charge on any atom is -0.462 e. The molecule has 1 aliphatic rings. The molecule has 4 aromatic rings. The van der Waals surface area contributed by atoms with E-state index >= 15 is 0 Å². The van der Waals surface area contributed by atoms with E-state index in [1.807, 2.05) is 86.6 Å². The largest absolute Gasteiger partial charge is 0.462 e. The molecule has 0 N–H and O–H groups in total. The highest BCUT2D eigenvalue weighted by atomic mass is 16.5. The van der Waals surface area contributed by atoms with E-state index in [9.17, 15) is 14.4 Å². The fraction of sp³-hybridized carbons (Fsp3) is 0.303. The van der Waals surface area contributed by atoms with Gasteiger partial charge in [0.05, 0.1) is 12.3 Å². The molecule has 2 amide bonds. The Kier molecular flexibility index (Phi) is 8.38. The van der Waals surface area contributed by atoms with Crippen LogP contribution in [0, 0.1) is 0 Å². The van der Waals surface area contributed by atoms with Gasteiger partial charge in [-0.15, -0.1) is 0 Å². The summed E-state index contributed by atoms with van der Waals surface area (Å²) in [6.07, 6.45) is 1.24. The smallest absolute Gasteiger partial charge is 0.342 e. The zero-order valence-corrected chi connectivity index (χ0v) is 23.7. The second kappa shape index (κ2) is 12.3. The molecule has 3 aromatic carbocycles. The molecule has 1 fully saturated rings. The molecule has 1 aliphatic heterocycles. The molecule has 0 aliphatic carbocycles. The van der Waals surface area contributed by atoms with Crippen LogP contribution in [0.15, 0.2) is 72.8 Å². The quantitative estimate of drug-likeness (QED) is 0.286. The molecule has 8 nitrogen and oxygen atoms in total. The standard InChI is InChI=1S/C33H34N4O4/c1-4-11-27-28(33(40)41-5-2)29(35-30(34-27)24-13-7-6-8-14-24)32(39)36-18-19-37(22(3)21-36)31(38)26-17-16-23-12-9-10-15-25(23)20-26/h6-10,12-17,20,22H,4-5,11,18-19,21H2,1-3H3. The number of piperazine rings is 1. The Morgan fingerprint density at radius 2 is 1.61 bits per heavy atom. The predicted octanol–water partition coefficient (Wildman–Crippen LogP) is 5.41. The molecule has 0 bridgehead atoms. The first-order valence-electron chi connectivity index (χ1n) is 14.1. The highest BCUT2D eigenvalue weighted by Gasteiger charge is 2.34. The van der Waals surface area contributed by atoms with Crippen molar-refractivity contribution in [1.82, 2.24) is 19.8 Å². The van der Waals surface area contributed by atoms with E-state index in [2.05, 4.69) is 4.98 Å². The van der Waals surface area contributed by atoms with Crippen molar-refractivity contribution in [1.29, 1.82) is 0 Å². The van der Waals surface area contributed by atoms with Crippen LogP contribution in [-0.4, -0.2) is 69.8 Å². The lowest BCUT2D eigenvalue weighted by atomic mass is 10.0. The summed E-state index contributed by atoms with van der Waals surface area (Å²) in [6, 6.07) is 22.8. The number of esters is 1. The Bertz CT molecular complexity index is 1590. The molecule has 1 aromatic heterocycles. The molecule has 1 saturated heterocycles. The minimum atomic E-state index is -0.600. The summed E-state index contributed by atoms with van der Waals surface area (Å²) >= 11 is 0. The number of hydrogen-bond acceptors (Lipinski definition) is 6. The Balaban J connectivity index is 1.44. The van der Waals surface area contributed by atoms with Crippen LogP contribution in [-0.2, 0) is 11.2 Å². The number of aromatic nitrogens is 2. The fourth-order valence-corrected chi connectivity index (χ4v) is 5.30. The van der Waals surface area contributed by atoms with Gasteiger partial charge in [0.1, 0.15) is 11.3 Å². The van der Waals surface area contributed by atoms with Gasteiger partial charge in [-0.25, -0.2) is 14.8 Å². The zero-order valence-electron chi connectivity index (χ0n) is 23.7. The number of benzene rings is 3. The number of amides is 2. The van der Waals surface area contributed by atoms with Crippen molar-refractivity contribution in [3.05, 3.63) is 95.3 Å².